The minimum atomic E-state index is 0.0719. The molecule has 2 fully saturated rings. The number of rotatable bonds is 6. The van der Waals surface area contributed by atoms with Crippen LogP contribution in [0.3, 0.4) is 0 Å². The van der Waals surface area contributed by atoms with Crippen molar-refractivity contribution in [3.63, 3.8) is 0 Å². The van der Waals surface area contributed by atoms with E-state index in [1.165, 1.54) is 18.4 Å². The second-order valence-corrected chi connectivity index (χ2v) is 8.35. The third kappa shape index (κ3) is 5.42. The van der Waals surface area contributed by atoms with Gasteiger partial charge in [-0.3, -0.25) is 19.6 Å². The summed E-state index contributed by atoms with van der Waals surface area (Å²) in [4.78, 5) is 21.8. The molecule has 1 N–H and O–H groups in total. The molecule has 0 aliphatic carbocycles. The number of nitrogens with one attached hydrogen (secondary N) is 1. The van der Waals surface area contributed by atoms with Crippen molar-refractivity contribution in [2.75, 3.05) is 26.2 Å². The highest BCUT2D eigenvalue weighted by Crippen LogP contribution is 2.24. The SMILES string of the molecule is Cc1cc(CNC(=O)[C@H]2CCCN(C3CCN(Cc4ccncc4)CC3)C2)on1. The number of pyridine rings is 1. The number of aryl methyl sites for hydroxylation is 1. The van der Waals surface area contributed by atoms with Gasteiger partial charge < -0.3 is 9.84 Å². The summed E-state index contributed by atoms with van der Waals surface area (Å²) in [6, 6.07) is 6.66. The molecule has 7 nitrogen and oxygen atoms in total. The maximum Gasteiger partial charge on any atom is 0.224 e. The summed E-state index contributed by atoms with van der Waals surface area (Å²) in [7, 11) is 0. The van der Waals surface area contributed by atoms with Crippen LogP contribution in [0.1, 0.15) is 42.7 Å². The molecule has 2 aliphatic heterocycles. The maximum absolute atomic E-state index is 12.6. The Bertz CT molecular complexity index is 786. The van der Waals surface area contributed by atoms with E-state index in [1.54, 1.807) is 0 Å². The molecule has 156 valence electrons. The number of amides is 1. The standard InChI is InChI=1S/C22H31N5O2/c1-17-13-21(29-25-17)14-24-22(28)19-3-2-10-27(16-19)20-6-11-26(12-7-20)15-18-4-8-23-9-5-18/h4-5,8-9,13,19-20H,2-3,6-7,10-12,14-16H2,1H3,(H,24,28)/t19-/m0/s1. The third-order valence-corrected chi connectivity index (χ3v) is 6.17. The predicted octanol–water partition coefficient (Wildman–Crippen LogP) is 2.37. The van der Waals surface area contributed by atoms with Crippen LogP contribution in [0.4, 0.5) is 0 Å². The van der Waals surface area contributed by atoms with Gasteiger partial charge in [-0.05, 0) is 69.9 Å². The van der Waals surface area contributed by atoms with Gasteiger partial charge in [0.05, 0.1) is 18.2 Å². The van der Waals surface area contributed by atoms with Gasteiger partial charge in [0.2, 0.25) is 5.91 Å². The smallest absolute Gasteiger partial charge is 0.224 e. The van der Waals surface area contributed by atoms with Crippen molar-refractivity contribution in [1.82, 2.24) is 25.3 Å². The summed E-state index contributed by atoms with van der Waals surface area (Å²) in [5, 5.41) is 6.90. The van der Waals surface area contributed by atoms with Gasteiger partial charge in [-0.25, -0.2) is 0 Å². The minimum Gasteiger partial charge on any atom is -0.359 e. The maximum atomic E-state index is 12.6. The number of nitrogens with zero attached hydrogens (tertiary/aromatic N) is 4. The van der Waals surface area contributed by atoms with Gasteiger partial charge in [0.1, 0.15) is 0 Å². The first-order valence-electron chi connectivity index (χ1n) is 10.7. The molecule has 7 heteroatoms. The fraction of sp³-hybridized carbons (Fsp3) is 0.591. The van der Waals surface area contributed by atoms with E-state index in [2.05, 4.69) is 37.4 Å². The van der Waals surface area contributed by atoms with Crippen molar-refractivity contribution >= 4 is 5.91 Å². The largest absolute Gasteiger partial charge is 0.359 e. The zero-order valence-electron chi connectivity index (χ0n) is 17.2. The number of likely N-dealkylation sites (tertiary alicyclic amines) is 2. The molecule has 0 radical (unpaired) electrons. The van der Waals surface area contributed by atoms with E-state index in [0.717, 1.165) is 51.3 Å². The van der Waals surface area contributed by atoms with E-state index in [0.29, 0.717) is 18.3 Å². The van der Waals surface area contributed by atoms with Crippen molar-refractivity contribution in [1.29, 1.82) is 0 Å². The number of aromatic nitrogens is 2. The second kappa shape index (κ2) is 9.50. The molecule has 2 aliphatic rings. The number of hydrogen-bond acceptors (Lipinski definition) is 6. The molecule has 1 amide bonds. The number of carbonyl (C=O) groups excluding carboxylic acids is 1. The molecule has 4 heterocycles. The van der Waals surface area contributed by atoms with Crippen LogP contribution in [-0.4, -0.2) is 58.1 Å². The molecule has 1 atom stereocenters. The number of piperidine rings is 2. The number of hydrogen-bond donors (Lipinski definition) is 1. The highest BCUT2D eigenvalue weighted by Gasteiger charge is 2.31. The van der Waals surface area contributed by atoms with Crippen molar-refractivity contribution in [2.45, 2.75) is 51.7 Å². The lowest BCUT2D eigenvalue weighted by molar-refractivity contribution is -0.127. The summed E-state index contributed by atoms with van der Waals surface area (Å²) in [6.45, 7) is 7.52. The van der Waals surface area contributed by atoms with Crippen molar-refractivity contribution in [3.8, 4) is 0 Å². The van der Waals surface area contributed by atoms with Crippen LogP contribution in [0.5, 0.6) is 0 Å². The lowest BCUT2D eigenvalue weighted by Gasteiger charge is -2.42. The number of carbonyl (C=O) groups is 1. The van der Waals surface area contributed by atoms with Gasteiger partial charge in [-0.2, -0.15) is 0 Å². The summed E-state index contributed by atoms with van der Waals surface area (Å²) < 4.78 is 5.19. The molecule has 2 aromatic heterocycles. The molecule has 0 saturated carbocycles. The first-order chi connectivity index (χ1) is 14.2. The van der Waals surface area contributed by atoms with Crippen LogP contribution < -0.4 is 5.32 Å². The normalized spacial score (nSPS) is 21.9. The molecule has 29 heavy (non-hydrogen) atoms. The fourth-order valence-corrected chi connectivity index (χ4v) is 4.56. The van der Waals surface area contributed by atoms with Crippen LogP contribution in [0.2, 0.25) is 0 Å². The van der Waals surface area contributed by atoms with Gasteiger partial charge in [0, 0.05) is 37.6 Å². The Morgan fingerprint density at radius 2 is 2.00 bits per heavy atom. The fourth-order valence-electron chi connectivity index (χ4n) is 4.56. The van der Waals surface area contributed by atoms with Crippen molar-refractivity contribution in [3.05, 3.63) is 47.6 Å². The Balaban J connectivity index is 1.23. The zero-order chi connectivity index (χ0) is 20.1. The Labute approximate surface area is 172 Å². The summed E-state index contributed by atoms with van der Waals surface area (Å²) >= 11 is 0. The Kier molecular flexibility index (Phi) is 6.56. The lowest BCUT2D eigenvalue weighted by Crippen LogP contribution is -2.50. The summed E-state index contributed by atoms with van der Waals surface area (Å²) in [5.74, 6) is 0.923. The molecule has 0 spiro atoms. The van der Waals surface area contributed by atoms with Crippen LogP contribution in [0.15, 0.2) is 35.1 Å². The average Bonchev–Trinajstić information content (AvgIpc) is 3.18. The minimum absolute atomic E-state index is 0.0719. The molecule has 0 aromatic carbocycles. The van der Waals surface area contributed by atoms with E-state index in [9.17, 15) is 4.79 Å². The van der Waals surface area contributed by atoms with E-state index < -0.39 is 0 Å². The Morgan fingerprint density at radius 3 is 2.72 bits per heavy atom. The quantitative estimate of drug-likeness (QED) is 0.807. The van der Waals surface area contributed by atoms with Gasteiger partial charge in [-0.1, -0.05) is 5.16 Å². The van der Waals surface area contributed by atoms with Gasteiger partial charge in [0.15, 0.2) is 5.76 Å². The Hall–Kier alpha value is -2.25. The van der Waals surface area contributed by atoms with Crippen LogP contribution in [0.25, 0.3) is 0 Å². The molecular weight excluding hydrogens is 366 g/mol. The van der Waals surface area contributed by atoms with E-state index in [1.807, 2.05) is 25.4 Å². The third-order valence-electron chi connectivity index (χ3n) is 6.17. The van der Waals surface area contributed by atoms with Gasteiger partial charge >= 0.3 is 0 Å². The monoisotopic (exact) mass is 397 g/mol. The second-order valence-electron chi connectivity index (χ2n) is 8.35. The van der Waals surface area contributed by atoms with Crippen LogP contribution in [0, 0.1) is 12.8 Å². The highest BCUT2D eigenvalue weighted by molar-refractivity contribution is 5.78. The molecule has 2 saturated heterocycles. The van der Waals surface area contributed by atoms with Crippen molar-refractivity contribution < 1.29 is 9.32 Å². The van der Waals surface area contributed by atoms with Crippen LogP contribution >= 0.6 is 0 Å². The lowest BCUT2D eigenvalue weighted by atomic mass is 9.93. The molecule has 2 aromatic rings. The van der Waals surface area contributed by atoms with E-state index in [4.69, 9.17) is 4.52 Å². The highest BCUT2D eigenvalue weighted by atomic mass is 16.5. The van der Waals surface area contributed by atoms with Gasteiger partial charge in [-0.15, -0.1) is 0 Å². The molecule has 0 unspecified atom stereocenters. The van der Waals surface area contributed by atoms with Gasteiger partial charge in [0.25, 0.3) is 0 Å². The summed E-state index contributed by atoms with van der Waals surface area (Å²) in [6.07, 6.45) is 8.15. The predicted molar refractivity (Wildman–Crippen MR) is 110 cm³/mol. The molecular formula is C22H31N5O2. The van der Waals surface area contributed by atoms with Crippen molar-refractivity contribution in [2.24, 2.45) is 5.92 Å². The first-order valence-corrected chi connectivity index (χ1v) is 10.7. The zero-order valence-corrected chi connectivity index (χ0v) is 17.2. The van der Waals surface area contributed by atoms with E-state index in [-0.39, 0.29) is 11.8 Å². The Morgan fingerprint density at radius 1 is 1.21 bits per heavy atom. The average molecular weight is 398 g/mol. The summed E-state index contributed by atoms with van der Waals surface area (Å²) in [5.41, 5.74) is 2.17. The van der Waals surface area contributed by atoms with E-state index >= 15 is 0 Å². The molecule has 4 rings (SSSR count). The molecule has 0 bridgehead atoms. The first kappa shape index (κ1) is 20.0. The van der Waals surface area contributed by atoms with Crippen LogP contribution in [-0.2, 0) is 17.9 Å². The topological polar surface area (TPSA) is 74.5 Å².